The first kappa shape index (κ1) is 22.1. The molecule has 0 saturated carbocycles. The van der Waals surface area contributed by atoms with E-state index in [2.05, 4.69) is 15.6 Å². The van der Waals surface area contributed by atoms with E-state index in [9.17, 15) is 18.8 Å². The number of aromatic nitrogens is 2. The Labute approximate surface area is 179 Å². The lowest BCUT2D eigenvalue weighted by Crippen LogP contribution is -2.32. The van der Waals surface area contributed by atoms with E-state index in [0.29, 0.717) is 28.8 Å². The van der Waals surface area contributed by atoms with Crippen molar-refractivity contribution < 1.29 is 14.0 Å². The molecular weight excluding hydrogens is 399 g/mol. The lowest BCUT2D eigenvalue weighted by Gasteiger charge is -2.13. The molecule has 0 radical (unpaired) electrons. The lowest BCUT2D eigenvalue weighted by molar-refractivity contribution is -0.121. The maximum atomic E-state index is 13.8. The summed E-state index contributed by atoms with van der Waals surface area (Å²) in [7, 11) is 0. The molecule has 3 aromatic rings. The number of rotatable bonds is 8. The van der Waals surface area contributed by atoms with Crippen LogP contribution in [0.5, 0.6) is 0 Å². The summed E-state index contributed by atoms with van der Waals surface area (Å²) < 4.78 is 15.1. The van der Waals surface area contributed by atoms with Crippen molar-refractivity contribution in [1.29, 1.82) is 0 Å². The Balaban J connectivity index is 1.85. The van der Waals surface area contributed by atoms with E-state index < -0.39 is 17.3 Å². The van der Waals surface area contributed by atoms with Crippen LogP contribution in [0.15, 0.2) is 47.3 Å². The fraction of sp³-hybridized carbons (Fsp3) is 0.304. The molecule has 2 amide bonds. The highest BCUT2D eigenvalue weighted by atomic mass is 19.1. The van der Waals surface area contributed by atoms with Crippen molar-refractivity contribution >= 4 is 28.5 Å². The number of hydrogen-bond donors (Lipinski definition) is 2. The summed E-state index contributed by atoms with van der Waals surface area (Å²) in [6.07, 6.45) is 1.13. The lowest BCUT2D eigenvalue weighted by atomic mass is 10.2. The number of benzene rings is 2. The Morgan fingerprint density at radius 2 is 1.90 bits per heavy atom. The first-order chi connectivity index (χ1) is 14.9. The predicted octanol–water partition coefficient (Wildman–Crippen LogP) is 2.94. The van der Waals surface area contributed by atoms with Gasteiger partial charge in [0.2, 0.25) is 11.8 Å². The van der Waals surface area contributed by atoms with Crippen LogP contribution in [0.2, 0.25) is 0 Å². The van der Waals surface area contributed by atoms with Gasteiger partial charge in [-0.15, -0.1) is 0 Å². The van der Waals surface area contributed by atoms with Gasteiger partial charge in [0, 0.05) is 25.1 Å². The van der Waals surface area contributed by atoms with Crippen LogP contribution >= 0.6 is 0 Å². The molecule has 31 heavy (non-hydrogen) atoms. The van der Waals surface area contributed by atoms with Gasteiger partial charge in [0.05, 0.1) is 11.0 Å². The number of aryl methyl sites for hydroxylation is 2. The SMILES string of the molecule is CCCNC(=O)CCc1nc2ccccc2n(CC(=O)Nc2ccc(C)c(F)c2)c1=O. The number of nitrogens with zero attached hydrogens (tertiary/aromatic N) is 2. The smallest absolute Gasteiger partial charge is 0.273 e. The van der Waals surface area contributed by atoms with Gasteiger partial charge >= 0.3 is 0 Å². The van der Waals surface area contributed by atoms with Gasteiger partial charge in [-0.05, 0) is 43.2 Å². The first-order valence-electron chi connectivity index (χ1n) is 10.2. The van der Waals surface area contributed by atoms with E-state index in [1.54, 1.807) is 43.3 Å². The molecule has 0 atom stereocenters. The minimum atomic E-state index is -0.464. The number of amides is 2. The molecule has 1 heterocycles. The second kappa shape index (κ2) is 9.97. The number of para-hydroxylation sites is 2. The summed E-state index contributed by atoms with van der Waals surface area (Å²) in [5.41, 5.74) is 1.65. The van der Waals surface area contributed by atoms with E-state index >= 15 is 0 Å². The third-order valence-electron chi connectivity index (χ3n) is 4.84. The molecule has 0 spiro atoms. The van der Waals surface area contributed by atoms with Crippen LogP contribution in [0.1, 0.15) is 31.0 Å². The minimum Gasteiger partial charge on any atom is -0.356 e. The molecule has 0 bridgehead atoms. The molecule has 162 valence electrons. The van der Waals surface area contributed by atoms with E-state index in [1.807, 2.05) is 6.92 Å². The van der Waals surface area contributed by atoms with Crippen LogP contribution in [0.3, 0.4) is 0 Å². The largest absolute Gasteiger partial charge is 0.356 e. The van der Waals surface area contributed by atoms with Crippen molar-refractivity contribution in [2.45, 2.75) is 39.7 Å². The molecule has 0 aliphatic carbocycles. The van der Waals surface area contributed by atoms with Crippen LogP contribution in [0.4, 0.5) is 10.1 Å². The van der Waals surface area contributed by atoms with Crippen LogP contribution < -0.4 is 16.2 Å². The van der Waals surface area contributed by atoms with Crippen LogP contribution in [0, 0.1) is 12.7 Å². The zero-order valence-corrected chi connectivity index (χ0v) is 17.6. The maximum Gasteiger partial charge on any atom is 0.273 e. The Morgan fingerprint density at radius 1 is 1.13 bits per heavy atom. The summed E-state index contributed by atoms with van der Waals surface area (Å²) in [6, 6.07) is 11.4. The van der Waals surface area contributed by atoms with Crippen LogP contribution in [-0.2, 0) is 22.6 Å². The fourth-order valence-corrected chi connectivity index (χ4v) is 3.16. The summed E-state index contributed by atoms with van der Waals surface area (Å²) in [6.45, 7) is 3.91. The predicted molar refractivity (Wildman–Crippen MR) is 117 cm³/mol. The fourth-order valence-electron chi connectivity index (χ4n) is 3.16. The molecule has 0 saturated heterocycles. The molecule has 1 aromatic heterocycles. The van der Waals surface area contributed by atoms with E-state index in [1.165, 1.54) is 10.6 Å². The zero-order valence-electron chi connectivity index (χ0n) is 17.6. The maximum absolute atomic E-state index is 13.8. The quantitative estimate of drug-likeness (QED) is 0.582. The molecule has 7 nitrogen and oxygen atoms in total. The summed E-state index contributed by atoms with van der Waals surface area (Å²) in [5.74, 6) is -1.04. The second-order valence-corrected chi connectivity index (χ2v) is 7.30. The number of hydrogen-bond acceptors (Lipinski definition) is 4. The highest BCUT2D eigenvalue weighted by Gasteiger charge is 2.15. The topological polar surface area (TPSA) is 93.1 Å². The van der Waals surface area contributed by atoms with Crippen molar-refractivity contribution in [1.82, 2.24) is 14.9 Å². The monoisotopic (exact) mass is 424 g/mol. The van der Waals surface area contributed by atoms with Gasteiger partial charge < -0.3 is 10.6 Å². The molecule has 0 aliphatic rings. The molecule has 3 rings (SSSR count). The van der Waals surface area contributed by atoms with Gasteiger partial charge in [-0.3, -0.25) is 19.0 Å². The Bertz CT molecular complexity index is 1170. The molecular formula is C23H25FN4O3. The number of nitrogens with one attached hydrogen (secondary N) is 2. The van der Waals surface area contributed by atoms with Crippen molar-refractivity contribution in [3.63, 3.8) is 0 Å². The number of halogens is 1. The molecule has 2 aromatic carbocycles. The second-order valence-electron chi connectivity index (χ2n) is 7.30. The number of carbonyl (C=O) groups excluding carboxylic acids is 2. The Hall–Kier alpha value is -3.55. The van der Waals surface area contributed by atoms with Gasteiger partial charge in [-0.25, -0.2) is 9.37 Å². The number of carbonyl (C=O) groups is 2. The van der Waals surface area contributed by atoms with Crippen LogP contribution in [0.25, 0.3) is 11.0 Å². The normalized spacial score (nSPS) is 10.8. The summed E-state index contributed by atoms with van der Waals surface area (Å²) in [5, 5.41) is 5.39. The molecule has 2 N–H and O–H groups in total. The van der Waals surface area contributed by atoms with Gasteiger partial charge in [0.15, 0.2) is 0 Å². The van der Waals surface area contributed by atoms with E-state index in [0.717, 1.165) is 6.42 Å². The van der Waals surface area contributed by atoms with Gasteiger partial charge in [-0.1, -0.05) is 25.1 Å². The summed E-state index contributed by atoms with van der Waals surface area (Å²) in [4.78, 5) is 41.9. The average molecular weight is 424 g/mol. The molecule has 8 heteroatoms. The zero-order chi connectivity index (χ0) is 22.4. The van der Waals surface area contributed by atoms with Crippen molar-refractivity contribution in [2.24, 2.45) is 0 Å². The Morgan fingerprint density at radius 3 is 2.65 bits per heavy atom. The highest BCUT2D eigenvalue weighted by Crippen LogP contribution is 2.15. The van der Waals surface area contributed by atoms with E-state index in [-0.39, 0.29) is 31.0 Å². The highest BCUT2D eigenvalue weighted by molar-refractivity contribution is 5.91. The minimum absolute atomic E-state index is 0.134. The standard InChI is InChI=1S/C23H25FN4O3/c1-3-12-25-21(29)11-10-19-23(31)28(20-7-5-4-6-18(20)27-19)14-22(30)26-16-9-8-15(2)17(24)13-16/h4-9,13H,3,10-12,14H2,1-2H3,(H,25,29)(H,26,30). The van der Waals surface area contributed by atoms with Crippen molar-refractivity contribution in [3.05, 3.63) is 69.9 Å². The van der Waals surface area contributed by atoms with Crippen molar-refractivity contribution in [3.8, 4) is 0 Å². The number of fused-ring (bicyclic) bond motifs is 1. The van der Waals surface area contributed by atoms with Crippen molar-refractivity contribution in [2.75, 3.05) is 11.9 Å². The molecule has 0 fully saturated rings. The summed E-state index contributed by atoms with van der Waals surface area (Å²) >= 11 is 0. The molecule has 0 aliphatic heterocycles. The van der Waals surface area contributed by atoms with Gasteiger partial charge in [0.25, 0.3) is 5.56 Å². The third kappa shape index (κ3) is 5.53. The van der Waals surface area contributed by atoms with Gasteiger partial charge in [0.1, 0.15) is 18.1 Å². The molecule has 0 unspecified atom stereocenters. The van der Waals surface area contributed by atoms with Crippen LogP contribution in [-0.4, -0.2) is 27.9 Å². The van der Waals surface area contributed by atoms with Gasteiger partial charge in [-0.2, -0.15) is 0 Å². The number of anilines is 1. The average Bonchev–Trinajstić information content (AvgIpc) is 2.75. The first-order valence-corrected chi connectivity index (χ1v) is 10.2. The third-order valence-corrected chi connectivity index (χ3v) is 4.84. The Kier molecular flexibility index (Phi) is 7.12. The van der Waals surface area contributed by atoms with E-state index in [4.69, 9.17) is 0 Å².